The molecule has 0 saturated heterocycles. The van der Waals surface area contributed by atoms with Gasteiger partial charge in [0.2, 0.25) is 0 Å². The van der Waals surface area contributed by atoms with Gasteiger partial charge in [0.25, 0.3) is 0 Å². The molecule has 0 amide bonds. The summed E-state index contributed by atoms with van der Waals surface area (Å²) in [7, 11) is 0. The first-order valence-electron chi connectivity index (χ1n) is 4.55. The van der Waals surface area contributed by atoms with Gasteiger partial charge in [0, 0.05) is 21.7 Å². The summed E-state index contributed by atoms with van der Waals surface area (Å²) >= 11 is 1.22. The molecule has 0 saturated carbocycles. The molecular formula is C12H7NO2S. The number of rotatable bonds is 2. The van der Waals surface area contributed by atoms with Gasteiger partial charge >= 0.3 is 5.97 Å². The van der Waals surface area contributed by atoms with Crippen LogP contribution in [-0.2, 0) is 0 Å². The van der Waals surface area contributed by atoms with Gasteiger partial charge in [-0.1, -0.05) is 18.2 Å². The van der Waals surface area contributed by atoms with E-state index in [1.807, 2.05) is 30.3 Å². The number of nitriles is 1. The number of allylic oxidation sites excluding steroid dienone is 1. The first-order valence-corrected chi connectivity index (χ1v) is 5.36. The smallest absolute Gasteiger partial charge is 0.346 e. The summed E-state index contributed by atoms with van der Waals surface area (Å²) in [6.07, 6.45) is 2.84. The molecule has 0 spiro atoms. The highest BCUT2D eigenvalue weighted by molar-refractivity contribution is 7.21. The first-order chi connectivity index (χ1) is 7.74. The van der Waals surface area contributed by atoms with Crippen molar-refractivity contribution in [2.45, 2.75) is 0 Å². The highest BCUT2D eigenvalue weighted by Crippen LogP contribution is 2.32. The fraction of sp³-hybridized carbons (Fsp3) is 0. The molecule has 3 nitrogen and oxygen atoms in total. The molecule has 78 valence electrons. The number of benzene rings is 1. The maximum absolute atomic E-state index is 11.0. The zero-order chi connectivity index (χ0) is 11.5. The Kier molecular flexibility index (Phi) is 2.71. The van der Waals surface area contributed by atoms with Gasteiger partial charge in [0.1, 0.15) is 4.88 Å². The normalized spacial score (nSPS) is 10.7. The number of carboxylic acids is 1. The molecule has 1 heterocycles. The van der Waals surface area contributed by atoms with E-state index in [4.69, 9.17) is 10.4 Å². The molecule has 0 radical (unpaired) electrons. The van der Waals surface area contributed by atoms with Gasteiger partial charge < -0.3 is 5.11 Å². The van der Waals surface area contributed by atoms with E-state index in [0.29, 0.717) is 5.56 Å². The maximum atomic E-state index is 11.0. The highest BCUT2D eigenvalue weighted by Gasteiger charge is 2.14. The molecule has 2 rings (SSSR count). The van der Waals surface area contributed by atoms with Gasteiger partial charge in [-0.25, -0.2) is 4.79 Å². The summed E-state index contributed by atoms with van der Waals surface area (Å²) < 4.78 is 0.914. The predicted octanol–water partition coefficient (Wildman–Crippen LogP) is 3.14. The van der Waals surface area contributed by atoms with Crippen LogP contribution in [0.3, 0.4) is 0 Å². The molecule has 0 bridgehead atoms. The number of hydrogen-bond donors (Lipinski definition) is 1. The number of hydrogen-bond acceptors (Lipinski definition) is 3. The largest absolute Gasteiger partial charge is 0.477 e. The van der Waals surface area contributed by atoms with Crippen LogP contribution in [0.4, 0.5) is 0 Å². The van der Waals surface area contributed by atoms with E-state index in [0.717, 1.165) is 10.1 Å². The van der Waals surface area contributed by atoms with Crippen molar-refractivity contribution >= 4 is 33.5 Å². The third-order valence-electron chi connectivity index (χ3n) is 2.15. The summed E-state index contributed by atoms with van der Waals surface area (Å²) in [5.41, 5.74) is 0.606. The van der Waals surface area contributed by atoms with Crippen LogP contribution in [0.15, 0.2) is 30.3 Å². The highest BCUT2D eigenvalue weighted by atomic mass is 32.1. The van der Waals surface area contributed by atoms with Crippen molar-refractivity contribution in [1.82, 2.24) is 0 Å². The van der Waals surface area contributed by atoms with Crippen LogP contribution in [0.25, 0.3) is 16.2 Å². The monoisotopic (exact) mass is 229 g/mol. The second kappa shape index (κ2) is 4.17. The lowest BCUT2D eigenvalue weighted by molar-refractivity contribution is 0.0702. The van der Waals surface area contributed by atoms with Crippen molar-refractivity contribution in [3.8, 4) is 6.07 Å². The molecule has 0 aliphatic carbocycles. The zero-order valence-corrected chi connectivity index (χ0v) is 8.99. The Hall–Kier alpha value is -2.12. The van der Waals surface area contributed by atoms with E-state index in [9.17, 15) is 4.79 Å². The number of nitrogens with zero attached hydrogens (tertiary/aromatic N) is 1. The van der Waals surface area contributed by atoms with Gasteiger partial charge in [-0.15, -0.1) is 11.3 Å². The molecule has 1 aromatic heterocycles. The van der Waals surface area contributed by atoms with Crippen LogP contribution in [0.5, 0.6) is 0 Å². The number of thiophene rings is 1. The van der Waals surface area contributed by atoms with E-state index in [1.165, 1.54) is 17.4 Å². The van der Waals surface area contributed by atoms with E-state index in [-0.39, 0.29) is 4.88 Å². The Balaban J connectivity index is 2.75. The molecule has 2 aromatic rings. The number of fused-ring (bicyclic) bond motifs is 1. The minimum absolute atomic E-state index is 0.271. The van der Waals surface area contributed by atoms with E-state index in [2.05, 4.69) is 0 Å². The van der Waals surface area contributed by atoms with Crippen molar-refractivity contribution in [2.24, 2.45) is 0 Å². The third-order valence-corrected chi connectivity index (χ3v) is 3.33. The fourth-order valence-corrected chi connectivity index (χ4v) is 2.54. The molecule has 0 aliphatic heterocycles. The van der Waals surface area contributed by atoms with Crippen LogP contribution in [0.1, 0.15) is 15.2 Å². The van der Waals surface area contributed by atoms with Gasteiger partial charge in [-0.05, 0) is 12.1 Å². The molecule has 0 atom stereocenters. The second-order valence-electron chi connectivity index (χ2n) is 3.11. The first kappa shape index (κ1) is 10.4. The van der Waals surface area contributed by atoms with Crippen LogP contribution in [0, 0.1) is 11.3 Å². The van der Waals surface area contributed by atoms with Crippen molar-refractivity contribution in [3.63, 3.8) is 0 Å². The Morgan fingerprint density at radius 2 is 2.19 bits per heavy atom. The molecule has 0 aliphatic rings. The number of carboxylic acid groups (broad SMARTS) is 1. The fourth-order valence-electron chi connectivity index (χ4n) is 1.51. The Bertz CT molecular complexity index is 619. The lowest BCUT2D eigenvalue weighted by atomic mass is 10.1. The molecule has 1 aromatic carbocycles. The van der Waals surface area contributed by atoms with Crippen molar-refractivity contribution in [3.05, 3.63) is 40.8 Å². The molecule has 0 fully saturated rings. The summed E-state index contributed by atoms with van der Waals surface area (Å²) in [5.74, 6) is -0.959. The van der Waals surface area contributed by atoms with Gasteiger partial charge in [0.05, 0.1) is 6.07 Å². The summed E-state index contributed by atoms with van der Waals surface area (Å²) in [6, 6.07) is 9.31. The van der Waals surface area contributed by atoms with Gasteiger partial charge in [0.15, 0.2) is 0 Å². The van der Waals surface area contributed by atoms with E-state index in [1.54, 1.807) is 6.08 Å². The Morgan fingerprint density at radius 3 is 2.88 bits per heavy atom. The molecule has 4 heteroatoms. The maximum Gasteiger partial charge on any atom is 0.346 e. The summed E-state index contributed by atoms with van der Waals surface area (Å²) in [4.78, 5) is 11.3. The molecule has 0 unspecified atom stereocenters. The Morgan fingerprint density at radius 1 is 1.44 bits per heavy atom. The second-order valence-corrected chi connectivity index (χ2v) is 4.16. The summed E-state index contributed by atoms with van der Waals surface area (Å²) in [6.45, 7) is 0. The quantitative estimate of drug-likeness (QED) is 0.805. The van der Waals surface area contributed by atoms with E-state index < -0.39 is 5.97 Å². The van der Waals surface area contributed by atoms with Crippen molar-refractivity contribution < 1.29 is 9.90 Å². The lowest BCUT2D eigenvalue weighted by Crippen LogP contribution is -1.93. The lowest BCUT2D eigenvalue weighted by Gasteiger charge is -1.92. The van der Waals surface area contributed by atoms with Crippen LogP contribution in [-0.4, -0.2) is 11.1 Å². The molecule has 16 heavy (non-hydrogen) atoms. The molecular weight excluding hydrogens is 222 g/mol. The standard InChI is InChI=1S/C12H7NO2S/c13-7-3-5-9-8-4-1-2-6-10(8)16-11(9)12(14)15/h1-6H,(H,14,15). The number of aromatic carboxylic acids is 1. The van der Waals surface area contributed by atoms with Crippen molar-refractivity contribution in [1.29, 1.82) is 5.26 Å². The average Bonchev–Trinajstić information content (AvgIpc) is 2.65. The SMILES string of the molecule is N#CC=Cc1c(C(=O)O)sc2ccccc12. The van der Waals surface area contributed by atoms with E-state index >= 15 is 0 Å². The van der Waals surface area contributed by atoms with Crippen LogP contribution < -0.4 is 0 Å². The topological polar surface area (TPSA) is 61.1 Å². The minimum Gasteiger partial charge on any atom is -0.477 e. The third kappa shape index (κ3) is 1.69. The van der Waals surface area contributed by atoms with Crippen LogP contribution in [0.2, 0.25) is 0 Å². The van der Waals surface area contributed by atoms with Crippen molar-refractivity contribution in [2.75, 3.05) is 0 Å². The average molecular weight is 229 g/mol. The Labute approximate surface area is 95.9 Å². The van der Waals surface area contributed by atoms with Gasteiger partial charge in [-0.2, -0.15) is 5.26 Å². The summed E-state index contributed by atoms with van der Waals surface area (Å²) in [5, 5.41) is 18.4. The van der Waals surface area contributed by atoms with Crippen LogP contribution >= 0.6 is 11.3 Å². The molecule has 1 N–H and O–H groups in total. The predicted molar refractivity (Wildman–Crippen MR) is 63.4 cm³/mol. The number of carbonyl (C=O) groups is 1. The minimum atomic E-state index is -0.959. The zero-order valence-electron chi connectivity index (χ0n) is 8.18. The van der Waals surface area contributed by atoms with Gasteiger partial charge in [-0.3, -0.25) is 0 Å².